The third-order valence-corrected chi connectivity index (χ3v) is 3.08. The van der Waals surface area contributed by atoms with E-state index in [0.717, 1.165) is 12.1 Å². The van der Waals surface area contributed by atoms with Crippen LogP contribution in [0.15, 0.2) is 18.3 Å². The van der Waals surface area contributed by atoms with Crippen LogP contribution >= 0.6 is 0 Å². The van der Waals surface area contributed by atoms with Crippen molar-refractivity contribution in [1.82, 2.24) is 14.7 Å². The average molecular weight is 249 g/mol. The molecule has 1 saturated heterocycles. The van der Waals surface area contributed by atoms with Crippen LogP contribution in [0.25, 0.3) is 6.08 Å². The van der Waals surface area contributed by atoms with Crippen LogP contribution in [-0.2, 0) is 16.6 Å². The number of likely N-dealkylation sites (tertiary alicyclic amines) is 1. The topological polar surface area (TPSA) is 75.4 Å². The zero-order chi connectivity index (χ0) is 13.1. The van der Waals surface area contributed by atoms with Crippen molar-refractivity contribution in [2.24, 2.45) is 7.05 Å². The van der Waals surface area contributed by atoms with Gasteiger partial charge in [-0.25, -0.2) is 4.79 Å². The van der Waals surface area contributed by atoms with Gasteiger partial charge in [0.1, 0.15) is 6.04 Å². The van der Waals surface area contributed by atoms with Gasteiger partial charge in [-0.2, -0.15) is 5.10 Å². The first-order chi connectivity index (χ1) is 8.59. The van der Waals surface area contributed by atoms with E-state index in [0.29, 0.717) is 13.0 Å². The molecule has 1 aromatic heterocycles. The lowest BCUT2D eigenvalue weighted by atomic mass is 10.2. The summed E-state index contributed by atoms with van der Waals surface area (Å²) in [6.45, 7) is 0.505. The maximum atomic E-state index is 11.9. The van der Waals surface area contributed by atoms with Crippen molar-refractivity contribution < 1.29 is 14.7 Å². The number of carboxylic acids is 1. The summed E-state index contributed by atoms with van der Waals surface area (Å²) in [5.41, 5.74) is 0.800. The van der Waals surface area contributed by atoms with E-state index in [9.17, 15) is 9.59 Å². The van der Waals surface area contributed by atoms with Gasteiger partial charge in [0, 0.05) is 25.9 Å². The Morgan fingerprint density at radius 1 is 1.56 bits per heavy atom. The second-order valence-corrected chi connectivity index (χ2v) is 4.24. The van der Waals surface area contributed by atoms with Crippen molar-refractivity contribution >= 4 is 18.0 Å². The number of hydrogen-bond acceptors (Lipinski definition) is 3. The van der Waals surface area contributed by atoms with Gasteiger partial charge in [-0.05, 0) is 25.0 Å². The molecule has 0 unspecified atom stereocenters. The Morgan fingerprint density at radius 3 is 2.94 bits per heavy atom. The maximum absolute atomic E-state index is 11.9. The normalized spacial score (nSPS) is 19.6. The third kappa shape index (κ3) is 2.42. The summed E-state index contributed by atoms with van der Waals surface area (Å²) >= 11 is 0. The first-order valence-electron chi connectivity index (χ1n) is 5.79. The molecular weight excluding hydrogens is 234 g/mol. The zero-order valence-electron chi connectivity index (χ0n) is 10.1. The molecule has 0 aliphatic carbocycles. The van der Waals surface area contributed by atoms with E-state index >= 15 is 0 Å². The summed E-state index contributed by atoms with van der Waals surface area (Å²) in [7, 11) is 1.78. The molecule has 1 amide bonds. The lowest BCUT2D eigenvalue weighted by Gasteiger charge is -2.19. The first-order valence-corrected chi connectivity index (χ1v) is 5.79. The fourth-order valence-corrected chi connectivity index (χ4v) is 2.09. The molecule has 1 N–H and O–H groups in total. The molecule has 1 aromatic rings. The van der Waals surface area contributed by atoms with Gasteiger partial charge < -0.3 is 10.0 Å². The van der Waals surface area contributed by atoms with E-state index in [-0.39, 0.29) is 5.91 Å². The standard InChI is InChI=1S/C12H15N3O3/c1-14-9(6-7-13-14)4-5-11(16)15-8-2-3-10(15)12(17)18/h4-7,10H,2-3,8H2,1H3,(H,17,18)/b5-4+/t10-/m1/s1. The Morgan fingerprint density at radius 2 is 2.33 bits per heavy atom. The number of aromatic nitrogens is 2. The number of aryl methyl sites for hydroxylation is 1. The van der Waals surface area contributed by atoms with Crippen LogP contribution in [0, 0.1) is 0 Å². The molecule has 1 aliphatic rings. The zero-order valence-corrected chi connectivity index (χ0v) is 10.1. The largest absolute Gasteiger partial charge is 0.480 e. The first kappa shape index (κ1) is 12.3. The number of aliphatic carboxylic acids is 1. The molecule has 18 heavy (non-hydrogen) atoms. The molecule has 96 valence electrons. The molecule has 2 rings (SSSR count). The number of carbonyl (C=O) groups excluding carboxylic acids is 1. The van der Waals surface area contributed by atoms with Crippen LogP contribution < -0.4 is 0 Å². The summed E-state index contributed by atoms with van der Waals surface area (Å²) < 4.78 is 1.64. The summed E-state index contributed by atoms with van der Waals surface area (Å²) in [5.74, 6) is -1.20. The molecule has 6 nitrogen and oxygen atoms in total. The molecule has 0 spiro atoms. The van der Waals surface area contributed by atoms with Crippen molar-refractivity contribution in [3.63, 3.8) is 0 Å². The maximum Gasteiger partial charge on any atom is 0.326 e. The Labute approximate surface area is 105 Å². The average Bonchev–Trinajstić information content (AvgIpc) is 2.94. The van der Waals surface area contributed by atoms with Crippen LogP contribution in [0.2, 0.25) is 0 Å². The lowest BCUT2D eigenvalue weighted by molar-refractivity contribution is -0.146. The van der Waals surface area contributed by atoms with Gasteiger partial charge in [0.25, 0.3) is 0 Å². The molecule has 1 fully saturated rings. The van der Waals surface area contributed by atoms with E-state index < -0.39 is 12.0 Å². The van der Waals surface area contributed by atoms with Crippen molar-refractivity contribution in [3.05, 3.63) is 24.0 Å². The molecule has 0 bridgehead atoms. The molecular formula is C12H15N3O3. The quantitative estimate of drug-likeness (QED) is 0.792. The Hall–Kier alpha value is -2.11. The van der Waals surface area contributed by atoms with Gasteiger partial charge >= 0.3 is 5.97 Å². The van der Waals surface area contributed by atoms with E-state index in [1.165, 1.54) is 11.0 Å². The minimum absolute atomic E-state index is 0.263. The van der Waals surface area contributed by atoms with Crippen LogP contribution in [0.5, 0.6) is 0 Å². The van der Waals surface area contributed by atoms with Crippen LogP contribution in [0.3, 0.4) is 0 Å². The number of rotatable bonds is 3. The molecule has 0 radical (unpaired) electrons. The van der Waals surface area contributed by atoms with Crippen molar-refractivity contribution in [2.75, 3.05) is 6.54 Å². The fourth-order valence-electron chi connectivity index (χ4n) is 2.09. The Bertz CT molecular complexity index is 493. The highest BCUT2D eigenvalue weighted by Gasteiger charge is 2.32. The molecule has 0 aromatic carbocycles. The number of nitrogens with zero attached hydrogens (tertiary/aromatic N) is 3. The second kappa shape index (κ2) is 5.03. The van der Waals surface area contributed by atoms with E-state index in [1.54, 1.807) is 30.1 Å². The fraction of sp³-hybridized carbons (Fsp3) is 0.417. The monoisotopic (exact) mass is 249 g/mol. The highest BCUT2D eigenvalue weighted by Crippen LogP contribution is 2.18. The van der Waals surface area contributed by atoms with Gasteiger partial charge in [-0.3, -0.25) is 9.48 Å². The molecule has 6 heteroatoms. The van der Waals surface area contributed by atoms with Gasteiger partial charge in [0.15, 0.2) is 0 Å². The molecule has 1 aliphatic heterocycles. The van der Waals surface area contributed by atoms with E-state index in [2.05, 4.69) is 5.10 Å². The number of carboxylic acid groups (broad SMARTS) is 1. The van der Waals surface area contributed by atoms with Gasteiger partial charge in [0.2, 0.25) is 5.91 Å². The highest BCUT2D eigenvalue weighted by atomic mass is 16.4. The SMILES string of the molecule is Cn1nccc1/C=C/C(=O)N1CCC[C@@H]1C(=O)O. The summed E-state index contributed by atoms with van der Waals surface area (Å²) in [6, 6.07) is 1.09. The minimum atomic E-state index is -0.935. The molecule has 2 heterocycles. The van der Waals surface area contributed by atoms with Crippen LogP contribution in [0.1, 0.15) is 18.5 Å². The van der Waals surface area contributed by atoms with Gasteiger partial charge in [-0.15, -0.1) is 0 Å². The predicted molar refractivity (Wildman–Crippen MR) is 64.6 cm³/mol. The summed E-state index contributed by atoms with van der Waals surface area (Å²) in [6.07, 6.45) is 5.95. The van der Waals surface area contributed by atoms with Crippen molar-refractivity contribution in [2.45, 2.75) is 18.9 Å². The minimum Gasteiger partial charge on any atom is -0.480 e. The van der Waals surface area contributed by atoms with E-state index in [4.69, 9.17) is 5.11 Å². The predicted octanol–water partition coefficient (Wildman–Crippen LogP) is 0.509. The summed E-state index contributed by atoms with van der Waals surface area (Å²) in [4.78, 5) is 24.3. The summed E-state index contributed by atoms with van der Waals surface area (Å²) in [5, 5.41) is 13.0. The smallest absolute Gasteiger partial charge is 0.326 e. The lowest BCUT2D eigenvalue weighted by Crippen LogP contribution is -2.39. The van der Waals surface area contributed by atoms with E-state index in [1.807, 2.05) is 0 Å². The van der Waals surface area contributed by atoms with Gasteiger partial charge in [-0.1, -0.05) is 0 Å². The number of carbonyl (C=O) groups is 2. The molecule has 1 atom stereocenters. The highest BCUT2D eigenvalue weighted by molar-refractivity contribution is 5.94. The van der Waals surface area contributed by atoms with Gasteiger partial charge in [0.05, 0.1) is 5.69 Å². The molecule has 0 saturated carbocycles. The Balaban J connectivity index is 2.06. The van der Waals surface area contributed by atoms with Crippen LogP contribution in [0.4, 0.5) is 0 Å². The second-order valence-electron chi connectivity index (χ2n) is 4.24. The van der Waals surface area contributed by atoms with Crippen molar-refractivity contribution in [3.8, 4) is 0 Å². The van der Waals surface area contributed by atoms with Crippen molar-refractivity contribution in [1.29, 1.82) is 0 Å². The third-order valence-electron chi connectivity index (χ3n) is 3.08. The Kier molecular flexibility index (Phi) is 3.45. The number of amides is 1. The van der Waals surface area contributed by atoms with Crippen LogP contribution in [-0.4, -0.2) is 44.3 Å². The number of hydrogen-bond donors (Lipinski definition) is 1.